The first-order chi connectivity index (χ1) is 4.85. The third kappa shape index (κ3) is 7.78. The average molecular weight is 142 g/mol. The fraction of sp³-hybridized carbons (Fsp3) is 0.333. The second kappa shape index (κ2) is 9.88. The smallest absolute Gasteiger partial charge is 0.163 e. The molecule has 0 unspecified atom stereocenters. The van der Waals surface area contributed by atoms with Crippen molar-refractivity contribution in [3.8, 4) is 0 Å². The molecule has 0 nitrogen and oxygen atoms in total. The molecule has 0 heterocycles. The van der Waals surface area contributed by atoms with E-state index in [0.29, 0.717) is 0 Å². The fourth-order valence-electron chi connectivity index (χ4n) is 1.22. The summed E-state index contributed by atoms with van der Waals surface area (Å²) in [6.45, 7) is 11.1. The van der Waals surface area contributed by atoms with Crippen LogP contribution < -0.4 is 18.9 Å². The van der Waals surface area contributed by atoms with Crippen molar-refractivity contribution >= 4 is 6.71 Å². The summed E-state index contributed by atoms with van der Waals surface area (Å²) in [5, 5.41) is 0. The zero-order valence-corrected chi connectivity index (χ0v) is 7.68. The third-order valence-corrected chi connectivity index (χ3v) is 1.84. The van der Waals surface area contributed by atoms with Gasteiger partial charge in [0.05, 0.1) is 0 Å². The van der Waals surface area contributed by atoms with Crippen LogP contribution in [0.5, 0.6) is 0 Å². The Morgan fingerprint density at radius 1 is 0.818 bits per heavy atom. The van der Waals surface area contributed by atoms with Gasteiger partial charge < -0.3 is 0 Å². The van der Waals surface area contributed by atoms with Gasteiger partial charge in [0.2, 0.25) is 0 Å². The van der Waals surface area contributed by atoms with Crippen LogP contribution in [-0.4, -0.2) is 6.71 Å². The van der Waals surface area contributed by atoms with E-state index in [1.54, 1.807) is 0 Å². The average Bonchev–Trinajstić information content (AvgIpc) is 1.90. The molecule has 0 saturated heterocycles. The zero-order valence-electron chi connectivity index (χ0n) is 7.68. The minimum Gasteiger partial charge on any atom is -0.163 e. The Hall–Kier alpha value is -0.118. The molecule has 0 radical (unpaired) electrons. The summed E-state index contributed by atoms with van der Waals surface area (Å²) in [5.74, 6) is 0. The summed E-state index contributed by atoms with van der Waals surface area (Å²) in [7, 11) is 0. The van der Waals surface area contributed by atoms with Gasteiger partial charge in [-0.25, -0.2) is 0 Å². The van der Waals surface area contributed by atoms with E-state index in [4.69, 9.17) is 0 Å². The van der Waals surface area contributed by atoms with E-state index >= 15 is 0 Å². The summed E-state index contributed by atoms with van der Waals surface area (Å²) in [6, 6.07) is 0. The van der Waals surface area contributed by atoms with E-state index in [1.807, 2.05) is 18.2 Å². The molecule has 0 bridgehead atoms. The van der Waals surface area contributed by atoms with E-state index in [9.17, 15) is 0 Å². The topological polar surface area (TPSA) is 0 Å². The molecule has 0 amide bonds. The van der Waals surface area contributed by atoms with Crippen molar-refractivity contribution in [2.75, 3.05) is 0 Å². The number of allylic oxidation sites excluding steroid dienone is 3. The molecule has 0 spiro atoms. The normalized spacial score (nSPS) is 8.45. The third-order valence-electron chi connectivity index (χ3n) is 1.84. The maximum absolute atomic E-state index is 3.72. The first-order valence-corrected chi connectivity index (χ1v) is 3.95. The fourth-order valence-corrected chi connectivity index (χ4v) is 1.22. The van der Waals surface area contributed by atoms with Crippen molar-refractivity contribution in [1.82, 2.24) is 0 Å². The summed E-state index contributed by atoms with van der Waals surface area (Å²) in [6.07, 6.45) is 9.43. The molecule has 0 aromatic carbocycles. The second-order valence-corrected chi connectivity index (χ2v) is 2.79. The summed E-state index contributed by atoms with van der Waals surface area (Å²) in [5.41, 5.74) is 0. The van der Waals surface area contributed by atoms with Gasteiger partial charge in [0, 0.05) is 0 Å². The maximum atomic E-state index is 3.72. The molecule has 0 saturated carbocycles. The van der Waals surface area contributed by atoms with Gasteiger partial charge in [-0.3, -0.25) is 0 Å². The minimum atomic E-state index is -0.0833. The number of hydrogen-bond acceptors (Lipinski definition) is 0. The van der Waals surface area contributed by atoms with Gasteiger partial charge in [-0.2, -0.15) is 19.0 Å². The summed E-state index contributed by atoms with van der Waals surface area (Å²) < 4.78 is 0. The van der Waals surface area contributed by atoms with Crippen LogP contribution in [0.25, 0.3) is 0 Å². The minimum absolute atomic E-state index is 0. The Kier molecular flexibility index (Phi) is 12.1. The van der Waals surface area contributed by atoms with Crippen LogP contribution >= 0.6 is 0 Å². The van der Waals surface area contributed by atoms with Gasteiger partial charge >= 0.3 is 18.9 Å². The van der Waals surface area contributed by atoms with Crippen molar-refractivity contribution < 1.29 is 18.9 Å². The van der Waals surface area contributed by atoms with Crippen molar-refractivity contribution in [1.29, 1.82) is 0 Å². The van der Waals surface area contributed by atoms with E-state index in [0.717, 1.165) is 19.0 Å². The van der Waals surface area contributed by atoms with Gasteiger partial charge in [-0.15, -0.1) is 38.0 Å². The molecule has 0 N–H and O–H groups in total. The standard InChI is InChI=1S/C9H16B.Li/c1-4-7-10(8-5-2)9-6-3;/h4-6,10H,1-3,7-9H2;/q-1;+1. The van der Waals surface area contributed by atoms with E-state index in [1.165, 1.54) is 0 Å². The van der Waals surface area contributed by atoms with Crippen LogP contribution in [0.1, 0.15) is 0 Å². The number of rotatable bonds is 6. The maximum Gasteiger partial charge on any atom is 1.00 e. The summed E-state index contributed by atoms with van der Waals surface area (Å²) in [4.78, 5) is 0. The zero-order chi connectivity index (χ0) is 7.82. The monoisotopic (exact) mass is 142 g/mol. The Bertz CT molecular complexity index is 97.0. The molecule has 2 heteroatoms. The Balaban J connectivity index is 0. The van der Waals surface area contributed by atoms with Crippen molar-refractivity contribution in [3.05, 3.63) is 38.0 Å². The van der Waals surface area contributed by atoms with Crippen LogP contribution in [0.3, 0.4) is 0 Å². The van der Waals surface area contributed by atoms with Crippen LogP contribution in [-0.2, 0) is 0 Å². The molecule has 0 atom stereocenters. The Morgan fingerprint density at radius 3 is 1.27 bits per heavy atom. The van der Waals surface area contributed by atoms with Gasteiger partial charge in [0.1, 0.15) is 0 Å². The molecular weight excluding hydrogens is 126 g/mol. The van der Waals surface area contributed by atoms with Gasteiger partial charge in [0.25, 0.3) is 0 Å². The molecule has 0 aliphatic heterocycles. The molecule has 0 aliphatic carbocycles. The Morgan fingerprint density at radius 2 is 1.09 bits per heavy atom. The molecule has 0 aromatic rings. The van der Waals surface area contributed by atoms with Crippen LogP contribution in [0.4, 0.5) is 0 Å². The number of hydrogen-bond donors (Lipinski definition) is 0. The first kappa shape index (κ1) is 13.5. The largest absolute Gasteiger partial charge is 1.00 e. The van der Waals surface area contributed by atoms with Gasteiger partial charge in [0.15, 0.2) is 0 Å². The molecule has 0 rings (SSSR count). The van der Waals surface area contributed by atoms with Crippen molar-refractivity contribution in [3.63, 3.8) is 0 Å². The van der Waals surface area contributed by atoms with Crippen LogP contribution in [0.15, 0.2) is 38.0 Å². The predicted molar refractivity (Wildman–Crippen MR) is 52.2 cm³/mol. The molecule has 0 aromatic heterocycles. The predicted octanol–water partition coefficient (Wildman–Crippen LogP) is -0.225. The molecule has 0 fully saturated rings. The van der Waals surface area contributed by atoms with Gasteiger partial charge in [-0.05, 0) is 6.71 Å². The molecule has 0 aliphatic rings. The first-order valence-electron chi connectivity index (χ1n) is 3.95. The van der Waals surface area contributed by atoms with Crippen molar-refractivity contribution in [2.24, 2.45) is 0 Å². The van der Waals surface area contributed by atoms with Gasteiger partial charge in [-0.1, -0.05) is 0 Å². The van der Waals surface area contributed by atoms with Crippen LogP contribution in [0, 0.1) is 0 Å². The molecule has 56 valence electrons. The SMILES string of the molecule is C=CC[BH-](CC=C)CC=C.[Li+]. The summed E-state index contributed by atoms with van der Waals surface area (Å²) >= 11 is 0. The Labute approximate surface area is 82.7 Å². The molecule has 11 heavy (non-hydrogen) atoms. The van der Waals surface area contributed by atoms with E-state index < -0.39 is 0 Å². The molecular formula is C9H16BLi. The van der Waals surface area contributed by atoms with E-state index in [-0.39, 0.29) is 25.6 Å². The van der Waals surface area contributed by atoms with E-state index in [2.05, 4.69) is 19.7 Å². The van der Waals surface area contributed by atoms with Crippen LogP contribution in [0.2, 0.25) is 19.0 Å². The quantitative estimate of drug-likeness (QED) is 0.355. The van der Waals surface area contributed by atoms with Crippen molar-refractivity contribution in [2.45, 2.75) is 19.0 Å². The second-order valence-electron chi connectivity index (χ2n) is 2.79.